The first-order valence-electron chi connectivity index (χ1n) is 1.56. The Morgan fingerprint density at radius 1 is 2.00 bits per heavy atom. The van der Waals surface area contributed by atoms with Gasteiger partial charge in [0.2, 0.25) is 0 Å². The second-order valence-electron chi connectivity index (χ2n) is 0.785. The van der Waals surface area contributed by atoms with Gasteiger partial charge in [0.05, 0.1) is 0 Å². The molecule has 0 spiro atoms. The number of carbonyl (C=O) groups excluding carboxylic acids is 1. The molecule has 0 aromatic carbocycles. The summed E-state index contributed by atoms with van der Waals surface area (Å²) in [6, 6.07) is 0. The van der Waals surface area contributed by atoms with Gasteiger partial charge in [-0.1, -0.05) is 0 Å². The molecule has 0 aliphatic heterocycles. The molecule has 0 saturated carbocycles. The zero-order valence-corrected chi connectivity index (χ0v) is 4.53. The Morgan fingerprint density at radius 2 is 2.57 bits per heavy atom. The van der Waals surface area contributed by atoms with Gasteiger partial charge in [0, 0.05) is 6.26 Å². The van der Waals surface area contributed by atoms with Crippen molar-refractivity contribution < 1.29 is 9.53 Å². The molecular weight excluding hydrogens is 114 g/mol. The molecule has 3 nitrogen and oxygen atoms in total. The van der Waals surface area contributed by atoms with E-state index in [-0.39, 0.29) is 5.94 Å². The molecule has 0 saturated heterocycles. The molecule has 0 fully saturated rings. The highest BCUT2D eigenvalue weighted by Gasteiger charge is 1.86. The Kier molecular flexibility index (Phi) is 3.59. The third-order valence-corrected chi connectivity index (χ3v) is 0.569. The van der Waals surface area contributed by atoms with Crippen LogP contribution in [0.3, 0.4) is 0 Å². The fraction of sp³-hybridized carbons (Fsp3) is 0.333. The molecular formula is C3H6NO2S. The maximum atomic E-state index is 9.72. The summed E-state index contributed by atoms with van der Waals surface area (Å²) in [6.07, 6.45) is 2.59. The molecule has 0 aromatic rings. The van der Waals surface area contributed by atoms with Crippen LogP contribution in [0.2, 0.25) is 0 Å². The number of nitrogens with two attached hydrogens (primary N) is 1. The largest absolute Gasteiger partial charge is 0.439 e. The molecule has 0 rings (SSSR count). The van der Waals surface area contributed by atoms with Gasteiger partial charge in [0.25, 0.3) is 0 Å². The van der Waals surface area contributed by atoms with Crippen LogP contribution < -0.4 is 5.73 Å². The highest BCUT2D eigenvalue weighted by molar-refractivity contribution is 8.00. The Bertz CT molecular complexity index is 66.0. The van der Waals surface area contributed by atoms with Crippen molar-refractivity contribution in [3.05, 3.63) is 6.26 Å². The van der Waals surface area contributed by atoms with Crippen molar-refractivity contribution in [3.8, 4) is 0 Å². The molecule has 0 bridgehead atoms. The first-order chi connectivity index (χ1) is 3.27. The Morgan fingerprint density at radius 3 is 2.71 bits per heavy atom. The van der Waals surface area contributed by atoms with E-state index >= 15 is 0 Å². The summed E-state index contributed by atoms with van der Waals surface area (Å²) in [5, 5.41) is 0. The summed E-state index contributed by atoms with van der Waals surface area (Å²) in [6.45, 7) is 0. The quantitative estimate of drug-likeness (QED) is 0.542. The molecule has 7 heavy (non-hydrogen) atoms. The molecule has 0 aliphatic rings. The van der Waals surface area contributed by atoms with Crippen LogP contribution in [0.1, 0.15) is 0 Å². The summed E-state index contributed by atoms with van der Waals surface area (Å²) in [7, 11) is 0. The van der Waals surface area contributed by atoms with Crippen LogP contribution in [0.25, 0.3) is 0 Å². The van der Waals surface area contributed by atoms with Crippen LogP contribution in [0, 0.1) is 6.26 Å². The second-order valence-corrected chi connectivity index (χ2v) is 1.43. The second kappa shape index (κ2) is 3.80. The predicted molar refractivity (Wildman–Crippen MR) is 28.5 cm³/mol. The number of hydrogen-bond donors (Lipinski definition) is 1. The van der Waals surface area contributed by atoms with Gasteiger partial charge in [-0.25, -0.2) is 4.79 Å². The van der Waals surface area contributed by atoms with Crippen molar-refractivity contribution in [1.29, 1.82) is 0 Å². The topological polar surface area (TPSA) is 52.3 Å². The van der Waals surface area contributed by atoms with Crippen molar-refractivity contribution in [2.24, 2.45) is 5.73 Å². The summed E-state index contributed by atoms with van der Waals surface area (Å²) in [5.41, 5.74) is 4.58. The lowest BCUT2D eigenvalue weighted by Crippen LogP contribution is -2.11. The molecule has 2 N–H and O–H groups in total. The number of amides is 1. The van der Waals surface area contributed by atoms with Crippen molar-refractivity contribution in [1.82, 2.24) is 0 Å². The Hall–Kier alpha value is -0.380. The van der Waals surface area contributed by atoms with Crippen molar-refractivity contribution in [3.63, 3.8) is 0 Å². The van der Waals surface area contributed by atoms with Gasteiger partial charge in [0.15, 0.2) is 0 Å². The van der Waals surface area contributed by atoms with E-state index in [1.807, 2.05) is 0 Å². The molecule has 41 valence electrons. The van der Waals surface area contributed by atoms with Gasteiger partial charge < -0.3 is 10.5 Å². The third-order valence-electron chi connectivity index (χ3n) is 0.285. The molecule has 0 heterocycles. The monoisotopic (exact) mass is 120 g/mol. The van der Waals surface area contributed by atoms with E-state index in [2.05, 4.69) is 16.7 Å². The number of primary amides is 1. The lowest BCUT2D eigenvalue weighted by molar-refractivity contribution is 0.177. The smallest absolute Gasteiger partial charge is 0.405 e. The minimum absolute atomic E-state index is 0.231. The third kappa shape index (κ3) is 5.62. The van der Waals surface area contributed by atoms with E-state index in [9.17, 15) is 4.79 Å². The van der Waals surface area contributed by atoms with Gasteiger partial charge in [-0.3, -0.25) is 0 Å². The van der Waals surface area contributed by atoms with E-state index in [0.717, 1.165) is 11.8 Å². The molecule has 0 atom stereocenters. The SMILES string of the molecule is [CH2]SCOC(N)=O. The fourth-order valence-corrected chi connectivity index (χ4v) is 0.299. The Labute approximate surface area is 46.2 Å². The molecule has 4 heteroatoms. The zero-order valence-electron chi connectivity index (χ0n) is 3.72. The summed E-state index contributed by atoms with van der Waals surface area (Å²) < 4.78 is 4.23. The minimum Gasteiger partial charge on any atom is -0.439 e. The molecule has 0 aromatic heterocycles. The van der Waals surface area contributed by atoms with Gasteiger partial charge >= 0.3 is 6.09 Å². The van der Waals surface area contributed by atoms with Crippen LogP contribution in [0.15, 0.2) is 0 Å². The number of carbonyl (C=O) groups is 1. The van der Waals surface area contributed by atoms with Gasteiger partial charge in [-0.05, 0) is 0 Å². The zero-order chi connectivity index (χ0) is 5.70. The summed E-state index contributed by atoms with van der Waals surface area (Å²) >= 11 is 1.16. The van der Waals surface area contributed by atoms with Crippen molar-refractivity contribution in [2.45, 2.75) is 0 Å². The van der Waals surface area contributed by atoms with Crippen LogP contribution in [-0.4, -0.2) is 12.0 Å². The van der Waals surface area contributed by atoms with Crippen LogP contribution in [0.4, 0.5) is 4.79 Å². The molecule has 0 aliphatic carbocycles. The number of hydrogen-bond acceptors (Lipinski definition) is 3. The van der Waals surface area contributed by atoms with Crippen LogP contribution in [-0.2, 0) is 4.74 Å². The van der Waals surface area contributed by atoms with Gasteiger partial charge in [-0.15, -0.1) is 11.8 Å². The van der Waals surface area contributed by atoms with Crippen molar-refractivity contribution in [2.75, 3.05) is 5.94 Å². The lowest BCUT2D eigenvalue weighted by atomic mass is 11.2. The van der Waals surface area contributed by atoms with E-state index in [4.69, 9.17) is 0 Å². The number of ether oxygens (including phenoxy) is 1. The molecule has 0 unspecified atom stereocenters. The van der Waals surface area contributed by atoms with Crippen molar-refractivity contribution >= 4 is 17.9 Å². The summed E-state index contributed by atoms with van der Waals surface area (Å²) in [4.78, 5) is 9.72. The number of thioether (sulfide) groups is 1. The normalized spacial score (nSPS) is 8.14. The van der Waals surface area contributed by atoms with E-state index in [1.165, 1.54) is 0 Å². The molecule has 1 amide bonds. The standard InChI is InChI=1S/C3H6NO2S/c1-7-2-6-3(4)5/h1-2H2,(H2,4,5). The lowest BCUT2D eigenvalue weighted by Gasteiger charge is -1.92. The van der Waals surface area contributed by atoms with E-state index in [0.29, 0.717) is 0 Å². The average molecular weight is 120 g/mol. The first-order valence-corrected chi connectivity index (χ1v) is 2.72. The highest BCUT2D eigenvalue weighted by Crippen LogP contribution is 1.92. The maximum absolute atomic E-state index is 9.72. The maximum Gasteiger partial charge on any atom is 0.405 e. The highest BCUT2D eigenvalue weighted by atomic mass is 32.2. The number of rotatable bonds is 2. The van der Waals surface area contributed by atoms with Crippen LogP contribution in [0.5, 0.6) is 0 Å². The van der Waals surface area contributed by atoms with Gasteiger partial charge in [-0.2, -0.15) is 0 Å². The minimum atomic E-state index is -0.754. The summed E-state index contributed by atoms with van der Waals surface area (Å²) in [5.74, 6) is 0.231. The van der Waals surface area contributed by atoms with Gasteiger partial charge in [0.1, 0.15) is 5.94 Å². The fourth-order valence-electron chi connectivity index (χ4n) is 0.0997. The van der Waals surface area contributed by atoms with Crippen LogP contribution >= 0.6 is 11.8 Å². The van der Waals surface area contributed by atoms with E-state index in [1.54, 1.807) is 0 Å². The Balaban J connectivity index is 2.82. The van der Waals surface area contributed by atoms with E-state index < -0.39 is 6.09 Å². The first kappa shape index (κ1) is 6.62. The predicted octanol–water partition coefficient (Wildman–Crippen LogP) is 0.564. The average Bonchev–Trinajstić information content (AvgIpc) is 1.61. The molecule has 1 radical (unpaired) electrons.